The summed E-state index contributed by atoms with van der Waals surface area (Å²) in [6.45, 7) is 4.46. The number of benzene rings is 1. The van der Waals surface area contributed by atoms with E-state index < -0.39 is 10.0 Å². The number of piperidine rings is 1. The highest BCUT2D eigenvalue weighted by Gasteiger charge is 2.37. The second-order valence-corrected chi connectivity index (χ2v) is 11.7. The number of aryl methyl sites for hydroxylation is 2. The summed E-state index contributed by atoms with van der Waals surface area (Å²) in [6, 6.07) is 6.18. The molecule has 8 heteroatoms. The van der Waals surface area contributed by atoms with Gasteiger partial charge in [-0.25, -0.2) is 8.42 Å². The normalized spacial score (nSPS) is 20.6. The molecule has 0 amide bonds. The van der Waals surface area contributed by atoms with Crippen molar-refractivity contribution < 1.29 is 8.42 Å². The molecule has 1 aromatic heterocycles. The maximum atomic E-state index is 12.2. The van der Waals surface area contributed by atoms with E-state index in [1.54, 1.807) is 0 Å². The van der Waals surface area contributed by atoms with Gasteiger partial charge in [0.1, 0.15) is 0 Å². The van der Waals surface area contributed by atoms with E-state index in [9.17, 15) is 8.42 Å². The first kappa shape index (κ1) is 21.5. The van der Waals surface area contributed by atoms with Gasteiger partial charge in [0.15, 0.2) is 0 Å². The highest BCUT2D eigenvalue weighted by Crippen LogP contribution is 2.46. The molecule has 2 aromatic rings. The van der Waals surface area contributed by atoms with Crippen LogP contribution in [0.3, 0.4) is 0 Å². The number of fused-ring (bicyclic) bond motifs is 2. The topological polar surface area (TPSA) is 50.3 Å². The first-order valence-corrected chi connectivity index (χ1v) is 13.0. The Labute approximate surface area is 193 Å². The molecule has 1 saturated heterocycles. The Morgan fingerprint density at radius 2 is 1.83 bits per heavy atom. The number of halogens is 3. The molecule has 1 atom stereocenters. The minimum absolute atomic E-state index is 0.107. The Bertz CT molecular complexity index is 1070. The van der Waals surface area contributed by atoms with Crippen molar-refractivity contribution in [3.63, 3.8) is 0 Å². The smallest absolute Gasteiger partial charge is 0.235 e. The van der Waals surface area contributed by atoms with Crippen LogP contribution in [0.4, 0.5) is 0 Å². The van der Waals surface area contributed by atoms with Gasteiger partial charge in [-0.3, -0.25) is 4.98 Å². The van der Waals surface area contributed by atoms with Gasteiger partial charge in [0.05, 0.1) is 5.69 Å². The first-order valence-electron chi connectivity index (χ1n) is 9.55. The summed E-state index contributed by atoms with van der Waals surface area (Å²) in [5.41, 5.74) is 4.82. The van der Waals surface area contributed by atoms with Crippen molar-refractivity contribution >= 4 is 53.5 Å². The van der Waals surface area contributed by atoms with E-state index in [1.165, 1.54) is 21.0 Å². The van der Waals surface area contributed by atoms with Crippen molar-refractivity contribution in [2.24, 2.45) is 5.92 Å². The van der Waals surface area contributed by atoms with Crippen LogP contribution >= 0.6 is 43.5 Å². The van der Waals surface area contributed by atoms with Gasteiger partial charge in [0.2, 0.25) is 10.0 Å². The summed E-state index contributed by atoms with van der Waals surface area (Å²) in [7, 11) is -3.37. The molecular formula is C21H21Br2ClN2O2S. The quantitative estimate of drug-likeness (QED) is 0.486. The molecule has 1 aromatic carbocycles. The van der Waals surface area contributed by atoms with Gasteiger partial charge in [0.25, 0.3) is 0 Å². The Kier molecular flexibility index (Phi) is 6.24. The van der Waals surface area contributed by atoms with Gasteiger partial charge in [-0.2, -0.15) is 4.31 Å². The third-order valence-electron chi connectivity index (χ3n) is 5.96. The lowest BCUT2D eigenvalue weighted by Crippen LogP contribution is -2.39. The van der Waals surface area contributed by atoms with Crippen LogP contribution in [0, 0.1) is 5.92 Å². The van der Waals surface area contributed by atoms with E-state index in [2.05, 4.69) is 50.6 Å². The Morgan fingerprint density at radius 1 is 1.14 bits per heavy atom. The van der Waals surface area contributed by atoms with Crippen LogP contribution in [0.2, 0.25) is 5.02 Å². The molecule has 2 aliphatic rings. The van der Waals surface area contributed by atoms with Crippen molar-refractivity contribution in [3.05, 3.63) is 72.7 Å². The van der Waals surface area contributed by atoms with Gasteiger partial charge in [-0.15, -0.1) is 0 Å². The van der Waals surface area contributed by atoms with Gasteiger partial charge < -0.3 is 0 Å². The van der Waals surface area contributed by atoms with Gasteiger partial charge >= 0.3 is 0 Å². The van der Waals surface area contributed by atoms with Gasteiger partial charge in [-0.05, 0) is 82.4 Å². The van der Waals surface area contributed by atoms with Crippen LogP contribution in [0.15, 0.2) is 45.3 Å². The number of pyridine rings is 1. The summed E-state index contributed by atoms with van der Waals surface area (Å²) in [6.07, 6.45) is 5.23. The Hall–Kier alpha value is -0.730. The van der Waals surface area contributed by atoms with Crippen LogP contribution in [0.5, 0.6) is 0 Å². The number of sulfonamides is 1. The molecule has 154 valence electrons. The van der Waals surface area contributed by atoms with Crippen molar-refractivity contribution in [3.8, 4) is 0 Å². The monoisotopic (exact) mass is 558 g/mol. The number of hydrogen-bond acceptors (Lipinski definition) is 3. The largest absolute Gasteiger partial charge is 0.259 e. The molecule has 0 spiro atoms. The molecule has 0 bridgehead atoms. The molecule has 29 heavy (non-hydrogen) atoms. The fraction of sp³-hybridized carbons (Fsp3) is 0.381. The van der Waals surface area contributed by atoms with Crippen LogP contribution < -0.4 is 0 Å². The second-order valence-electron chi connectivity index (χ2n) is 7.58. The van der Waals surface area contributed by atoms with Gasteiger partial charge in [-0.1, -0.05) is 34.1 Å². The molecule has 0 N–H and O–H groups in total. The van der Waals surface area contributed by atoms with Crippen LogP contribution in [0.1, 0.15) is 41.1 Å². The molecule has 1 aliphatic carbocycles. The first-order chi connectivity index (χ1) is 13.8. The lowest BCUT2D eigenvalue weighted by Gasteiger charge is -2.36. The number of aromatic nitrogens is 1. The molecule has 0 saturated carbocycles. The zero-order chi connectivity index (χ0) is 20.8. The third kappa shape index (κ3) is 4.22. The van der Waals surface area contributed by atoms with Gasteiger partial charge in [0, 0.05) is 44.6 Å². The molecule has 0 radical (unpaired) electrons. The average Bonchev–Trinajstić information content (AvgIpc) is 2.85. The number of hydrogen-bond donors (Lipinski definition) is 0. The van der Waals surface area contributed by atoms with E-state index in [0.29, 0.717) is 19.0 Å². The van der Waals surface area contributed by atoms with E-state index >= 15 is 0 Å². The molecule has 1 unspecified atom stereocenters. The Balaban J connectivity index is 1.77. The van der Waals surface area contributed by atoms with Crippen LogP contribution in [0.25, 0.3) is 0 Å². The molecule has 2 heterocycles. The van der Waals surface area contributed by atoms with E-state index in [0.717, 1.165) is 50.8 Å². The molecule has 4 nitrogen and oxygen atoms in total. The zero-order valence-corrected chi connectivity index (χ0v) is 20.5. The van der Waals surface area contributed by atoms with Crippen LogP contribution in [-0.2, 0) is 22.9 Å². The lowest BCUT2D eigenvalue weighted by molar-refractivity contribution is 0.256. The highest BCUT2D eigenvalue weighted by atomic mass is 79.9. The number of nitrogens with zero attached hydrogens (tertiary/aromatic N) is 2. The molecule has 1 fully saturated rings. The van der Waals surface area contributed by atoms with Crippen molar-refractivity contribution in [2.75, 3.05) is 13.1 Å². The summed E-state index contributed by atoms with van der Waals surface area (Å²) >= 11 is 13.7. The third-order valence-corrected chi connectivity index (χ3v) is 8.77. The minimum Gasteiger partial charge on any atom is -0.259 e. The summed E-state index contributed by atoms with van der Waals surface area (Å²) < 4.78 is 27.9. The SMILES string of the molecule is C=CS(=O)(=O)N1CCC(C2c3ncc(Br)cc3CCc3cc(Cl)cc(Br)c32)CC1. The molecule has 1 aliphatic heterocycles. The second kappa shape index (κ2) is 8.42. The van der Waals surface area contributed by atoms with Crippen LogP contribution in [-0.4, -0.2) is 30.8 Å². The fourth-order valence-electron chi connectivity index (χ4n) is 4.60. The average molecular weight is 561 g/mol. The Morgan fingerprint density at radius 3 is 2.52 bits per heavy atom. The van der Waals surface area contributed by atoms with Crippen molar-refractivity contribution in [1.29, 1.82) is 0 Å². The summed E-state index contributed by atoms with van der Waals surface area (Å²) in [5, 5.41) is 1.77. The summed E-state index contributed by atoms with van der Waals surface area (Å²) in [5.74, 6) is 0.406. The van der Waals surface area contributed by atoms with Crippen molar-refractivity contribution in [2.45, 2.75) is 31.6 Å². The van der Waals surface area contributed by atoms with E-state index in [-0.39, 0.29) is 5.92 Å². The predicted molar refractivity (Wildman–Crippen MR) is 124 cm³/mol. The van der Waals surface area contributed by atoms with E-state index in [4.69, 9.17) is 16.6 Å². The van der Waals surface area contributed by atoms with E-state index in [1.807, 2.05) is 12.3 Å². The molecule has 4 rings (SSSR count). The maximum Gasteiger partial charge on any atom is 0.235 e. The summed E-state index contributed by atoms with van der Waals surface area (Å²) in [4.78, 5) is 4.83. The molecular weight excluding hydrogens is 540 g/mol. The highest BCUT2D eigenvalue weighted by molar-refractivity contribution is 9.10. The lowest BCUT2D eigenvalue weighted by atomic mass is 9.77. The minimum atomic E-state index is -3.37. The fourth-order valence-corrected chi connectivity index (χ4v) is 7.03. The predicted octanol–water partition coefficient (Wildman–Crippen LogP) is 5.68. The maximum absolute atomic E-state index is 12.2. The number of rotatable bonds is 3. The van der Waals surface area contributed by atoms with Crippen molar-refractivity contribution in [1.82, 2.24) is 9.29 Å². The zero-order valence-electron chi connectivity index (χ0n) is 15.7. The standard InChI is InChI=1S/C21H21Br2ClN2O2S/c1-2-29(27,28)26-7-5-13(6-8-26)20-19-14(10-17(24)11-18(19)23)3-4-15-9-16(22)12-25-21(15)20/h2,9-13,20H,1,3-8H2.